The minimum absolute atomic E-state index is 0.0424. The molecule has 61 heavy (non-hydrogen) atoms. The van der Waals surface area contributed by atoms with E-state index in [1.54, 1.807) is 0 Å². The van der Waals surface area contributed by atoms with Crippen LogP contribution >= 0.6 is 0 Å². The molecule has 0 radical (unpaired) electrons. The highest BCUT2D eigenvalue weighted by Crippen LogP contribution is 2.48. The van der Waals surface area contributed by atoms with E-state index in [0.717, 1.165) is 27.8 Å². The molecule has 0 aliphatic rings. The van der Waals surface area contributed by atoms with Crippen molar-refractivity contribution < 1.29 is 23.6 Å². The fraction of sp³-hybridized carbons (Fsp3) is 0.346. The van der Waals surface area contributed by atoms with Gasteiger partial charge in [0.2, 0.25) is 11.8 Å². The Morgan fingerprint density at radius 2 is 0.918 bits per heavy atom. The van der Waals surface area contributed by atoms with E-state index in [0.29, 0.717) is 6.42 Å². The molecule has 0 heterocycles. The Labute approximate surface area is 363 Å². The number of carbonyl (C=O) groups excluding carboxylic acids is 4. The highest BCUT2D eigenvalue weighted by molar-refractivity contribution is 6.80. The van der Waals surface area contributed by atoms with Crippen molar-refractivity contribution in [2.75, 3.05) is 0 Å². The summed E-state index contributed by atoms with van der Waals surface area (Å²) in [7, 11) is -3.03. The Balaban J connectivity index is 1.46. The molecule has 9 heteroatoms. The number of benzene rings is 5. The molecule has 0 saturated carbocycles. The van der Waals surface area contributed by atoms with Crippen molar-refractivity contribution in [3.63, 3.8) is 0 Å². The molecule has 4 N–H and O–H groups in total. The number of rotatable bonds is 21. The SMILES string of the molecule is CC(C)[Si](OC(=O)[C@H](Cc1ccccc1)NC(=O)[C@@H](CC(=O)[C@H](Cc1ccccc1)NC(=O)[C@@H](N)Cc1ccccc1)Cc1ccccc1)(C(C)C)C(C)(C)c1ccccc1. The summed E-state index contributed by atoms with van der Waals surface area (Å²) in [6.45, 7) is 12.9. The fourth-order valence-corrected chi connectivity index (χ4v) is 15.0. The average Bonchev–Trinajstić information content (AvgIpc) is 3.26. The van der Waals surface area contributed by atoms with Crippen molar-refractivity contribution in [3.05, 3.63) is 179 Å². The van der Waals surface area contributed by atoms with Gasteiger partial charge in [-0.05, 0) is 58.2 Å². The zero-order chi connectivity index (χ0) is 44.0. The van der Waals surface area contributed by atoms with Gasteiger partial charge < -0.3 is 20.8 Å². The van der Waals surface area contributed by atoms with Crippen molar-refractivity contribution in [2.45, 2.75) is 108 Å². The predicted octanol–water partition coefficient (Wildman–Crippen LogP) is 8.66. The molecular formula is C52H63N3O5Si. The topological polar surface area (TPSA) is 128 Å². The van der Waals surface area contributed by atoms with Crippen LogP contribution in [0.15, 0.2) is 152 Å². The van der Waals surface area contributed by atoms with Gasteiger partial charge in [-0.1, -0.05) is 193 Å². The molecule has 320 valence electrons. The van der Waals surface area contributed by atoms with Crippen molar-refractivity contribution in [3.8, 4) is 0 Å². The van der Waals surface area contributed by atoms with Crippen LogP contribution in [0.3, 0.4) is 0 Å². The maximum Gasteiger partial charge on any atom is 0.315 e. The van der Waals surface area contributed by atoms with Gasteiger partial charge in [-0.15, -0.1) is 0 Å². The molecule has 8 nitrogen and oxygen atoms in total. The average molecular weight is 838 g/mol. The van der Waals surface area contributed by atoms with Gasteiger partial charge in [0.15, 0.2) is 5.78 Å². The van der Waals surface area contributed by atoms with Crippen LogP contribution < -0.4 is 16.4 Å². The molecule has 2 amide bonds. The van der Waals surface area contributed by atoms with E-state index in [9.17, 15) is 19.2 Å². The van der Waals surface area contributed by atoms with Gasteiger partial charge in [0.05, 0.1) is 12.1 Å². The molecular weight excluding hydrogens is 775 g/mol. The van der Waals surface area contributed by atoms with Crippen LogP contribution in [-0.4, -0.2) is 50.0 Å². The number of nitrogens with one attached hydrogen (secondary N) is 2. The van der Waals surface area contributed by atoms with Crippen molar-refractivity contribution in [2.24, 2.45) is 11.7 Å². The monoisotopic (exact) mass is 837 g/mol. The fourth-order valence-electron chi connectivity index (χ4n) is 9.00. The molecule has 0 saturated heterocycles. The summed E-state index contributed by atoms with van der Waals surface area (Å²) in [4.78, 5) is 57.8. The zero-order valence-electron chi connectivity index (χ0n) is 36.6. The van der Waals surface area contributed by atoms with Gasteiger partial charge in [-0.2, -0.15) is 0 Å². The zero-order valence-corrected chi connectivity index (χ0v) is 37.6. The third-order valence-electron chi connectivity index (χ3n) is 12.1. The molecule has 0 spiro atoms. The van der Waals surface area contributed by atoms with Crippen molar-refractivity contribution >= 4 is 31.9 Å². The highest BCUT2D eigenvalue weighted by atomic mass is 28.4. The molecule has 4 atom stereocenters. The van der Waals surface area contributed by atoms with E-state index in [1.165, 1.54) is 0 Å². The summed E-state index contributed by atoms with van der Waals surface area (Å²) in [5.74, 6) is -2.55. The highest BCUT2D eigenvalue weighted by Gasteiger charge is 2.58. The Morgan fingerprint density at radius 3 is 1.36 bits per heavy atom. The second-order valence-electron chi connectivity index (χ2n) is 17.4. The number of ketones is 1. The molecule has 5 aromatic carbocycles. The number of hydrogen-bond donors (Lipinski definition) is 3. The third kappa shape index (κ3) is 12.2. The number of carbonyl (C=O) groups is 4. The largest absolute Gasteiger partial charge is 0.516 e. The van der Waals surface area contributed by atoms with Crippen LogP contribution in [0.5, 0.6) is 0 Å². The number of amides is 2. The van der Waals surface area contributed by atoms with E-state index in [1.807, 2.05) is 140 Å². The van der Waals surface area contributed by atoms with E-state index < -0.39 is 55.2 Å². The normalized spacial score (nSPS) is 13.8. The first-order valence-electron chi connectivity index (χ1n) is 21.5. The maximum atomic E-state index is 14.9. The van der Waals surface area contributed by atoms with E-state index in [-0.39, 0.29) is 42.5 Å². The van der Waals surface area contributed by atoms with Gasteiger partial charge in [0.25, 0.3) is 8.32 Å². The van der Waals surface area contributed by atoms with E-state index in [2.05, 4.69) is 64.3 Å². The summed E-state index contributed by atoms with van der Waals surface area (Å²) in [5, 5.41) is 5.58. The lowest BCUT2D eigenvalue weighted by Gasteiger charge is -2.49. The molecule has 0 aliphatic heterocycles. The van der Waals surface area contributed by atoms with Gasteiger partial charge in [-0.3, -0.25) is 19.2 Å². The van der Waals surface area contributed by atoms with Gasteiger partial charge in [-0.25, -0.2) is 0 Å². The summed E-state index contributed by atoms with van der Waals surface area (Å²) < 4.78 is 6.97. The van der Waals surface area contributed by atoms with E-state index >= 15 is 0 Å². The summed E-state index contributed by atoms with van der Waals surface area (Å²) in [5.41, 5.74) is 11.1. The second kappa shape index (κ2) is 21.7. The lowest BCUT2D eigenvalue weighted by Crippen LogP contribution is -2.62. The van der Waals surface area contributed by atoms with Crippen LogP contribution in [0, 0.1) is 5.92 Å². The van der Waals surface area contributed by atoms with Crippen LogP contribution in [0.1, 0.15) is 75.8 Å². The molecule has 0 aliphatic carbocycles. The van der Waals surface area contributed by atoms with Crippen molar-refractivity contribution in [1.29, 1.82) is 0 Å². The van der Waals surface area contributed by atoms with Crippen LogP contribution in [-0.2, 0) is 54.3 Å². The molecule has 0 bridgehead atoms. The maximum absolute atomic E-state index is 14.9. The molecule has 0 aromatic heterocycles. The number of nitrogens with two attached hydrogens (primary N) is 1. The smallest absolute Gasteiger partial charge is 0.315 e. The van der Waals surface area contributed by atoms with Gasteiger partial charge in [0.1, 0.15) is 6.04 Å². The van der Waals surface area contributed by atoms with Crippen LogP contribution in [0.2, 0.25) is 11.1 Å². The number of Topliss-reactive ketones (excluding diaryl/α,β-unsaturated/α-hetero) is 1. The summed E-state index contributed by atoms with van der Waals surface area (Å²) in [6.07, 6.45) is 0.785. The Morgan fingerprint density at radius 1 is 0.541 bits per heavy atom. The Bertz CT molecular complexity index is 2140. The molecule has 0 unspecified atom stereocenters. The number of hydrogen-bond acceptors (Lipinski definition) is 6. The lowest BCUT2D eigenvalue weighted by molar-refractivity contribution is -0.141. The quantitative estimate of drug-likeness (QED) is 0.0636. The minimum Gasteiger partial charge on any atom is -0.516 e. The van der Waals surface area contributed by atoms with Gasteiger partial charge in [0, 0.05) is 23.8 Å². The minimum atomic E-state index is -3.03. The Kier molecular flexibility index (Phi) is 16.6. The summed E-state index contributed by atoms with van der Waals surface area (Å²) >= 11 is 0. The van der Waals surface area contributed by atoms with Gasteiger partial charge >= 0.3 is 5.97 Å². The summed E-state index contributed by atoms with van der Waals surface area (Å²) in [6, 6.07) is 45.4. The molecule has 5 rings (SSSR count). The van der Waals surface area contributed by atoms with Crippen molar-refractivity contribution in [1.82, 2.24) is 10.6 Å². The van der Waals surface area contributed by atoms with Crippen LogP contribution in [0.4, 0.5) is 0 Å². The van der Waals surface area contributed by atoms with E-state index in [4.69, 9.17) is 10.2 Å². The standard InChI is InChI=1S/C52H63N3O5Si/c1-37(2)61(38(3)4,52(5,6)44-30-20-11-21-31-44)60-51(59)47(35-42-28-18-10-19-29-42)55-49(57)43(32-39-22-12-7-13-23-39)36-48(56)46(34-41-26-16-9-17-27-41)54-50(58)45(53)33-40-24-14-8-15-25-40/h7-31,37-38,43,45-47H,32-36,53H2,1-6H3,(H,54,58)(H,55,57)/t43-,45+,46+,47+/m1/s1. The first kappa shape index (κ1) is 46.4. The lowest BCUT2D eigenvalue weighted by atomic mass is 9.89. The van der Waals surface area contributed by atoms with Crippen LogP contribution in [0.25, 0.3) is 0 Å². The Hall–Kier alpha value is -5.64. The molecule has 0 fully saturated rings. The predicted molar refractivity (Wildman–Crippen MR) is 247 cm³/mol. The third-order valence-corrected chi connectivity index (χ3v) is 18.3. The second-order valence-corrected chi connectivity index (χ2v) is 22.7. The first-order chi connectivity index (χ1) is 29.2. The molecule has 5 aromatic rings. The first-order valence-corrected chi connectivity index (χ1v) is 23.6.